The lowest BCUT2D eigenvalue weighted by molar-refractivity contribution is -0.146. The number of nitrogens with zero attached hydrogens (tertiary/aromatic N) is 4. The Morgan fingerprint density at radius 1 is 1.22 bits per heavy atom. The molecule has 0 N–H and O–H groups in total. The largest absolute Gasteiger partial charge is 0.493 e. The number of hydrogen-bond donors (Lipinski definition) is 0. The normalized spacial score (nSPS) is 11.3. The second-order valence-electron chi connectivity index (χ2n) is 4.22. The van der Waals surface area contributed by atoms with Gasteiger partial charge in [0.1, 0.15) is 17.0 Å². The number of carbonyl (C=O) groups excluding carboxylic acids is 1. The van der Waals surface area contributed by atoms with Gasteiger partial charge in [0.25, 0.3) is 5.82 Å². The molecule has 10 heteroatoms. The van der Waals surface area contributed by atoms with Crippen molar-refractivity contribution in [2.75, 3.05) is 13.2 Å². The standard InChI is InChI=1S/C13H13F3N4O3/c1-3-22-10-6-5-9(11(23-4-2)8(10)7-21)20-12(13(14,15)16)17-18-19-20/h5-7H,3-4H2,1-2H3. The number of hydrogen-bond acceptors (Lipinski definition) is 6. The minimum Gasteiger partial charge on any atom is -0.493 e. The van der Waals surface area contributed by atoms with Crippen LogP contribution >= 0.6 is 0 Å². The summed E-state index contributed by atoms with van der Waals surface area (Å²) in [7, 11) is 0. The molecule has 0 fully saturated rings. The second-order valence-corrected chi connectivity index (χ2v) is 4.22. The molecule has 0 bridgehead atoms. The van der Waals surface area contributed by atoms with E-state index in [9.17, 15) is 18.0 Å². The summed E-state index contributed by atoms with van der Waals surface area (Å²) in [5.74, 6) is -1.19. The highest BCUT2D eigenvalue weighted by molar-refractivity contribution is 5.86. The van der Waals surface area contributed by atoms with E-state index in [1.54, 1.807) is 13.8 Å². The molecule has 0 atom stereocenters. The minimum absolute atomic E-state index is 0.00479. The third-order valence-electron chi connectivity index (χ3n) is 2.79. The molecule has 0 amide bonds. The Labute approximate surface area is 129 Å². The molecule has 23 heavy (non-hydrogen) atoms. The lowest BCUT2D eigenvalue weighted by Crippen LogP contribution is -2.16. The Kier molecular flexibility index (Phi) is 4.82. The van der Waals surface area contributed by atoms with Crippen LogP contribution in [0.5, 0.6) is 11.5 Å². The van der Waals surface area contributed by atoms with Crippen LogP contribution < -0.4 is 9.47 Å². The fourth-order valence-electron chi connectivity index (χ4n) is 1.95. The molecule has 0 saturated carbocycles. The van der Waals surface area contributed by atoms with Crippen molar-refractivity contribution in [2.24, 2.45) is 0 Å². The first kappa shape index (κ1) is 16.7. The van der Waals surface area contributed by atoms with Gasteiger partial charge >= 0.3 is 6.18 Å². The van der Waals surface area contributed by atoms with Crippen molar-refractivity contribution >= 4 is 6.29 Å². The van der Waals surface area contributed by atoms with Crippen LogP contribution in [0.1, 0.15) is 30.0 Å². The van der Waals surface area contributed by atoms with E-state index in [0.717, 1.165) is 0 Å². The molecule has 2 rings (SSSR count). The van der Waals surface area contributed by atoms with Gasteiger partial charge < -0.3 is 9.47 Å². The number of aromatic nitrogens is 4. The molecule has 1 aromatic carbocycles. The lowest BCUT2D eigenvalue weighted by Gasteiger charge is -2.16. The van der Waals surface area contributed by atoms with Crippen LogP contribution in [0, 0.1) is 0 Å². The maximum absolute atomic E-state index is 13.0. The molecule has 0 aliphatic heterocycles. The Morgan fingerprint density at radius 2 is 1.91 bits per heavy atom. The van der Waals surface area contributed by atoms with Crippen molar-refractivity contribution in [1.29, 1.82) is 0 Å². The first-order valence-corrected chi connectivity index (χ1v) is 6.67. The predicted molar refractivity (Wildman–Crippen MR) is 71.9 cm³/mol. The van der Waals surface area contributed by atoms with Gasteiger partial charge in [-0.2, -0.15) is 17.9 Å². The number of ether oxygens (including phenoxy) is 2. The zero-order chi connectivity index (χ0) is 17.0. The van der Waals surface area contributed by atoms with E-state index in [2.05, 4.69) is 15.5 Å². The van der Waals surface area contributed by atoms with Gasteiger partial charge in [-0.15, -0.1) is 5.10 Å². The summed E-state index contributed by atoms with van der Waals surface area (Å²) < 4.78 is 50.0. The summed E-state index contributed by atoms with van der Waals surface area (Å²) in [6, 6.07) is 2.67. The number of rotatable bonds is 6. The average molecular weight is 330 g/mol. The molecule has 1 aromatic heterocycles. The van der Waals surface area contributed by atoms with E-state index in [0.29, 0.717) is 11.0 Å². The molecule has 0 aliphatic carbocycles. The van der Waals surface area contributed by atoms with Crippen LogP contribution in [-0.4, -0.2) is 39.7 Å². The summed E-state index contributed by atoms with van der Waals surface area (Å²) in [6.07, 6.45) is -4.30. The lowest BCUT2D eigenvalue weighted by atomic mass is 10.1. The first-order chi connectivity index (χ1) is 10.9. The molecule has 7 nitrogen and oxygen atoms in total. The van der Waals surface area contributed by atoms with Crippen molar-refractivity contribution in [2.45, 2.75) is 20.0 Å². The van der Waals surface area contributed by atoms with Crippen molar-refractivity contribution in [3.63, 3.8) is 0 Å². The molecule has 0 saturated heterocycles. The summed E-state index contributed by atoms with van der Waals surface area (Å²) in [5, 5.41) is 9.38. The number of halogens is 3. The van der Waals surface area contributed by atoms with E-state index in [1.165, 1.54) is 12.1 Å². The van der Waals surface area contributed by atoms with Gasteiger partial charge in [0.05, 0.1) is 13.2 Å². The van der Waals surface area contributed by atoms with Crippen LogP contribution in [0.15, 0.2) is 12.1 Å². The van der Waals surface area contributed by atoms with Crippen LogP contribution in [0.4, 0.5) is 13.2 Å². The maximum atomic E-state index is 13.0. The van der Waals surface area contributed by atoms with Crippen molar-refractivity contribution in [1.82, 2.24) is 20.2 Å². The molecule has 124 valence electrons. The highest BCUT2D eigenvalue weighted by atomic mass is 19.4. The molecule has 1 heterocycles. The van der Waals surface area contributed by atoms with E-state index in [1.807, 2.05) is 0 Å². The van der Waals surface area contributed by atoms with Gasteiger partial charge in [-0.1, -0.05) is 0 Å². The van der Waals surface area contributed by atoms with Crippen LogP contribution in [0.25, 0.3) is 5.69 Å². The molecular formula is C13H13F3N4O3. The van der Waals surface area contributed by atoms with Gasteiger partial charge in [-0.25, -0.2) is 0 Å². The van der Waals surface area contributed by atoms with E-state index in [-0.39, 0.29) is 36.0 Å². The summed E-state index contributed by atoms with van der Waals surface area (Å²) in [4.78, 5) is 11.4. The first-order valence-electron chi connectivity index (χ1n) is 6.67. The number of aldehydes is 1. The monoisotopic (exact) mass is 330 g/mol. The van der Waals surface area contributed by atoms with Gasteiger partial charge in [0.15, 0.2) is 12.0 Å². The number of tetrazole rings is 1. The smallest absolute Gasteiger partial charge is 0.453 e. The van der Waals surface area contributed by atoms with Crippen LogP contribution in [-0.2, 0) is 6.18 Å². The van der Waals surface area contributed by atoms with Gasteiger partial charge in [-0.3, -0.25) is 4.79 Å². The predicted octanol–water partition coefficient (Wildman–Crippen LogP) is 2.29. The highest BCUT2D eigenvalue weighted by Gasteiger charge is 2.39. The Balaban J connectivity index is 2.68. The van der Waals surface area contributed by atoms with Gasteiger partial charge in [-0.05, 0) is 36.4 Å². The highest BCUT2D eigenvalue weighted by Crippen LogP contribution is 2.36. The van der Waals surface area contributed by atoms with Crippen LogP contribution in [0.3, 0.4) is 0 Å². The molecule has 0 aliphatic rings. The van der Waals surface area contributed by atoms with E-state index in [4.69, 9.17) is 9.47 Å². The van der Waals surface area contributed by atoms with Crippen molar-refractivity contribution < 1.29 is 27.4 Å². The summed E-state index contributed by atoms with van der Waals surface area (Å²) in [5.41, 5.74) is -0.107. The molecule has 0 unspecified atom stereocenters. The zero-order valence-corrected chi connectivity index (χ0v) is 12.3. The van der Waals surface area contributed by atoms with Crippen LogP contribution in [0.2, 0.25) is 0 Å². The molecular weight excluding hydrogens is 317 g/mol. The summed E-state index contributed by atoms with van der Waals surface area (Å²) in [6.45, 7) is 3.76. The molecule has 0 radical (unpaired) electrons. The second kappa shape index (κ2) is 6.63. The Hall–Kier alpha value is -2.65. The fourth-order valence-corrected chi connectivity index (χ4v) is 1.95. The number of alkyl halides is 3. The maximum Gasteiger partial charge on any atom is 0.453 e. The summed E-state index contributed by atoms with van der Waals surface area (Å²) >= 11 is 0. The van der Waals surface area contributed by atoms with Crippen molar-refractivity contribution in [3.05, 3.63) is 23.5 Å². The van der Waals surface area contributed by atoms with E-state index >= 15 is 0 Å². The Bertz CT molecular complexity index is 700. The van der Waals surface area contributed by atoms with Gasteiger partial charge in [0.2, 0.25) is 0 Å². The van der Waals surface area contributed by atoms with Crippen molar-refractivity contribution in [3.8, 4) is 17.2 Å². The quantitative estimate of drug-likeness (QED) is 0.756. The number of benzene rings is 1. The average Bonchev–Trinajstić information content (AvgIpc) is 2.98. The zero-order valence-electron chi connectivity index (χ0n) is 12.3. The third kappa shape index (κ3) is 3.25. The van der Waals surface area contributed by atoms with E-state index < -0.39 is 12.0 Å². The minimum atomic E-state index is -4.76. The topological polar surface area (TPSA) is 79.1 Å². The number of carbonyl (C=O) groups is 1. The fraction of sp³-hybridized carbons (Fsp3) is 0.385. The van der Waals surface area contributed by atoms with Gasteiger partial charge in [0, 0.05) is 0 Å². The Morgan fingerprint density at radius 3 is 2.48 bits per heavy atom. The SMILES string of the molecule is CCOc1ccc(-n2nnnc2C(F)(F)F)c(OCC)c1C=O. The molecule has 0 spiro atoms. The molecule has 2 aromatic rings. The third-order valence-corrected chi connectivity index (χ3v) is 2.79.